The van der Waals surface area contributed by atoms with Gasteiger partial charge >= 0.3 is 0 Å². The van der Waals surface area contributed by atoms with Crippen molar-refractivity contribution in [2.75, 3.05) is 0 Å². The molecule has 0 atom stereocenters. The Morgan fingerprint density at radius 2 is 0.772 bits per heavy atom. The Balaban J connectivity index is 0.985. The average molecular weight is 728 g/mol. The van der Waals surface area contributed by atoms with Crippen molar-refractivity contribution in [3.05, 3.63) is 200 Å². The maximum Gasteiger partial charge on any atom is 0.164 e. The Morgan fingerprint density at radius 3 is 1.51 bits per heavy atom. The number of hydrogen-bond donors (Lipinski definition) is 0. The Labute approximate surface area is 329 Å². The van der Waals surface area contributed by atoms with Crippen LogP contribution in [-0.2, 0) is 0 Å². The summed E-state index contributed by atoms with van der Waals surface area (Å²) in [5.74, 6) is 1.87. The Hall–Kier alpha value is -7.69. The quantitative estimate of drug-likeness (QED) is 0.171. The highest BCUT2D eigenvalue weighted by molar-refractivity contribution is 6.13. The predicted molar refractivity (Wildman–Crippen MR) is 235 cm³/mol. The van der Waals surface area contributed by atoms with Gasteiger partial charge in [0, 0.05) is 27.5 Å². The molecule has 11 rings (SSSR count). The molecule has 4 nitrogen and oxygen atoms in total. The molecule has 11 aromatic rings. The van der Waals surface area contributed by atoms with Gasteiger partial charge in [-0.15, -0.1) is 0 Å². The average Bonchev–Trinajstić information content (AvgIpc) is 3.67. The molecule has 57 heavy (non-hydrogen) atoms. The third-order valence-corrected chi connectivity index (χ3v) is 10.9. The molecule has 0 fully saturated rings. The van der Waals surface area contributed by atoms with Crippen LogP contribution >= 0.6 is 0 Å². The summed E-state index contributed by atoms with van der Waals surface area (Å²) in [6.45, 7) is 0. The van der Waals surface area contributed by atoms with Gasteiger partial charge in [0.25, 0.3) is 0 Å². The zero-order valence-corrected chi connectivity index (χ0v) is 30.8. The number of hydrogen-bond acceptors (Lipinski definition) is 4. The van der Waals surface area contributed by atoms with Crippen molar-refractivity contribution >= 4 is 43.5 Å². The second kappa shape index (κ2) is 13.6. The molecule has 0 spiro atoms. The normalized spacial score (nSPS) is 11.5. The first-order valence-electron chi connectivity index (χ1n) is 19.2. The van der Waals surface area contributed by atoms with Crippen molar-refractivity contribution in [2.45, 2.75) is 0 Å². The zero-order chi connectivity index (χ0) is 37.7. The summed E-state index contributed by atoms with van der Waals surface area (Å²) < 4.78 is 6.44. The van der Waals surface area contributed by atoms with E-state index >= 15 is 0 Å². The summed E-state index contributed by atoms with van der Waals surface area (Å²) in [7, 11) is 0. The third kappa shape index (κ3) is 6.01. The van der Waals surface area contributed by atoms with E-state index in [1.54, 1.807) is 0 Å². The van der Waals surface area contributed by atoms with Crippen molar-refractivity contribution in [1.29, 1.82) is 0 Å². The van der Waals surface area contributed by atoms with E-state index in [1.807, 2.05) is 12.1 Å². The number of rotatable bonds is 6. The second-order valence-corrected chi connectivity index (χ2v) is 14.4. The van der Waals surface area contributed by atoms with Gasteiger partial charge in [-0.3, -0.25) is 0 Å². The number of furan rings is 1. The van der Waals surface area contributed by atoms with E-state index < -0.39 is 0 Å². The first-order chi connectivity index (χ1) is 28.2. The first kappa shape index (κ1) is 32.7. The van der Waals surface area contributed by atoms with Gasteiger partial charge in [-0.2, -0.15) is 0 Å². The highest BCUT2D eigenvalue weighted by Gasteiger charge is 2.16. The van der Waals surface area contributed by atoms with Crippen molar-refractivity contribution in [3.63, 3.8) is 0 Å². The summed E-state index contributed by atoms with van der Waals surface area (Å²) in [5, 5.41) is 6.98. The third-order valence-electron chi connectivity index (χ3n) is 10.9. The lowest BCUT2D eigenvalue weighted by molar-refractivity contribution is 0.669. The molecule has 0 aliphatic heterocycles. The largest absolute Gasteiger partial charge is 0.456 e. The van der Waals surface area contributed by atoms with Crippen LogP contribution in [0.5, 0.6) is 0 Å². The molecule has 4 heteroatoms. The van der Waals surface area contributed by atoms with Gasteiger partial charge in [0.05, 0.1) is 0 Å². The van der Waals surface area contributed by atoms with Crippen LogP contribution < -0.4 is 0 Å². The Morgan fingerprint density at radius 1 is 0.281 bits per heavy atom. The van der Waals surface area contributed by atoms with Crippen molar-refractivity contribution in [3.8, 4) is 67.5 Å². The number of aromatic nitrogens is 3. The predicted octanol–water partition coefficient (Wildman–Crippen LogP) is 14.1. The maximum absolute atomic E-state index is 6.44. The summed E-state index contributed by atoms with van der Waals surface area (Å²) in [5.41, 5.74) is 11.3. The fraction of sp³-hybridized carbons (Fsp3) is 0. The van der Waals surface area contributed by atoms with Crippen LogP contribution in [0.2, 0.25) is 0 Å². The molecule has 0 unspecified atom stereocenters. The molecule has 0 aliphatic rings. The summed E-state index contributed by atoms with van der Waals surface area (Å²) >= 11 is 0. The molecule has 9 aromatic carbocycles. The number of nitrogens with zero attached hydrogens (tertiary/aromatic N) is 3. The van der Waals surface area contributed by atoms with Gasteiger partial charge in [0.15, 0.2) is 17.5 Å². The molecule has 0 saturated carbocycles. The molecule has 2 aromatic heterocycles. The van der Waals surface area contributed by atoms with Crippen LogP contribution in [0.15, 0.2) is 205 Å². The highest BCUT2D eigenvalue weighted by atomic mass is 16.3. The SMILES string of the molecule is c1ccc(-c2cccc3oc4cc(-c5ccc(-c6nc(-c7cccc(-c8ccc9ccccc9c8)c7)nc(-c7ccc8ccccc8c7)n6)cc5)ccc4c23)cc1. The molecule has 0 radical (unpaired) electrons. The van der Waals surface area contributed by atoms with Crippen molar-refractivity contribution < 1.29 is 4.42 Å². The summed E-state index contributed by atoms with van der Waals surface area (Å²) in [4.78, 5) is 15.3. The van der Waals surface area contributed by atoms with E-state index in [9.17, 15) is 0 Å². The lowest BCUT2D eigenvalue weighted by atomic mass is 9.98. The Bertz CT molecular complexity index is 3290. The lowest BCUT2D eigenvalue weighted by Crippen LogP contribution is -2.00. The van der Waals surface area contributed by atoms with E-state index in [0.29, 0.717) is 17.5 Å². The van der Waals surface area contributed by atoms with Crippen LogP contribution in [0.3, 0.4) is 0 Å². The van der Waals surface area contributed by atoms with Gasteiger partial charge < -0.3 is 4.42 Å². The fourth-order valence-electron chi connectivity index (χ4n) is 7.97. The van der Waals surface area contributed by atoms with Crippen LogP contribution in [0.1, 0.15) is 0 Å². The lowest BCUT2D eigenvalue weighted by Gasteiger charge is -2.11. The molecular weight excluding hydrogens is 695 g/mol. The van der Waals surface area contributed by atoms with Gasteiger partial charge in [0.1, 0.15) is 11.2 Å². The minimum atomic E-state index is 0.618. The molecule has 0 N–H and O–H groups in total. The van der Waals surface area contributed by atoms with Crippen molar-refractivity contribution in [1.82, 2.24) is 15.0 Å². The summed E-state index contributed by atoms with van der Waals surface area (Å²) in [6, 6.07) is 70.0. The fourth-order valence-corrected chi connectivity index (χ4v) is 7.97. The number of fused-ring (bicyclic) bond motifs is 5. The van der Waals surface area contributed by atoms with E-state index in [0.717, 1.165) is 66.3 Å². The monoisotopic (exact) mass is 727 g/mol. The van der Waals surface area contributed by atoms with Gasteiger partial charge in [-0.1, -0.05) is 164 Å². The van der Waals surface area contributed by atoms with Gasteiger partial charge in [-0.25, -0.2) is 15.0 Å². The minimum absolute atomic E-state index is 0.618. The minimum Gasteiger partial charge on any atom is -0.456 e. The first-order valence-corrected chi connectivity index (χ1v) is 19.2. The van der Waals surface area contributed by atoms with Crippen LogP contribution in [0.25, 0.3) is 111 Å². The van der Waals surface area contributed by atoms with E-state index in [1.165, 1.54) is 27.3 Å². The smallest absolute Gasteiger partial charge is 0.164 e. The van der Waals surface area contributed by atoms with Gasteiger partial charge in [-0.05, 0) is 91.3 Å². The molecule has 0 saturated heterocycles. The topological polar surface area (TPSA) is 51.8 Å². The van der Waals surface area contributed by atoms with E-state index in [2.05, 4.69) is 188 Å². The number of benzene rings is 9. The summed E-state index contributed by atoms with van der Waals surface area (Å²) in [6.07, 6.45) is 0. The van der Waals surface area contributed by atoms with Crippen LogP contribution in [0, 0.1) is 0 Å². The highest BCUT2D eigenvalue weighted by Crippen LogP contribution is 2.39. The van der Waals surface area contributed by atoms with E-state index in [-0.39, 0.29) is 0 Å². The van der Waals surface area contributed by atoms with Crippen LogP contribution in [-0.4, -0.2) is 15.0 Å². The molecule has 2 heterocycles. The van der Waals surface area contributed by atoms with Crippen molar-refractivity contribution in [2.24, 2.45) is 0 Å². The molecule has 266 valence electrons. The Kier molecular flexibility index (Phi) is 7.78. The standard InChI is InChI=1S/C53H33N3O/c1-2-12-37(13-3-1)46-18-9-19-48-50(46)47-29-28-43(33-49(47)57-48)36-20-24-38(25-21-36)51-54-52(56-53(55-51)45-27-23-35-11-5-7-15-40(35)31-45)44-17-8-16-41(32-44)42-26-22-34-10-4-6-14-39(34)30-42/h1-33H. The zero-order valence-electron chi connectivity index (χ0n) is 30.8. The molecule has 0 amide bonds. The second-order valence-electron chi connectivity index (χ2n) is 14.4. The van der Waals surface area contributed by atoms with Crippen LogP contribution in [0.4, 0.5) is 0 Å². The van der Waals surface area contributed by atoms with E-state index in [4.69, 9.17) is 19.4 Å². The van der Waals surface area contributed by atoms with Gasteiger partial charge in [0.2, 0.25) is 0 Å². The molecule has 0 aliphatic carbocycles. The molecule has 0 bridgehead atoms. The molecular formula is C53H33N3O. The maximum atomic E-state index is 6.44.